The van der Waals surface area contributed by atoms with Crippen molar-refractivity contribution < 1.29 is 35.8 Å². The fraction of sp³-hybridized carbons (Fsp3) is 0.417. The van der Waals surface area contributed by atoms with Gasteiger partial charge in [0, 0.05) is 11.8 Å². The smallest absolute Gasteiger partial charge is 0.378 e. The fourth-order valence-corrected chi connectivity index (χ4v) is 4.49. The van der Waals surface area contributed by atoms with Crippen LogP contribution in [0.4, 0.5) is 26.3 Å². The van der Waals surface area contributed by atoms with E-state index in [1.807, 2.05) is 30.3 Å². The Hall–Kier alpha value is -3.12. The second kappa shape index (κ2) is 10.1. The van der Waals surface area contributed by atoms with Crippen LogP contribution in [0.5, 0.6) is 0 Å². The molecule has 3 aromatic rings. The summed E-state index contributed by atoms with van der Waals surface area (Å²) in [6, 6.07) is 10.6. The molecule has 1 fully saturated rings. The predicted octanol–water partition coefficient (Wildman–Crippen LogP) is 5.19. The van der Waals surface area contributed by atoms with Crippen molar-refractivity contribution in [1.29, 1.82) is 0 Å². The standard InChI is InChI=1S/C24H23F6N3O3/c1-14(16-7-18(23(25,26)27)9-19(8-16)24(28,29)30)36-20-12-35-11-17(10-33-22(34)31-13-32-33)21(20)15-5-3-2-4-6-15/h2-9,13-14,17,20-21H,10-12H2,1H3,(H,31,32,34). The number of benzene rings is 2. The summed E-state index contributed by atoms with van der Waals surface area (Å²) in [7, 11) is 0. The number of ether oxygens (including phenoxy) is 2. The average Bonchev–Trinajstić information content (AvgIpc) is 3.22. The minimum Gasteiger partial charge on any atom is -0.378 e. The van der Waals surface area contributed by atoms with Gasteiger partial charge in [-0.2, -0.15) is 31.4 Å². The maximum atomic E-state index is 13.3. The molecule has 194 valence electrons. The summed E-state index contributed by atoms with van der Waals surface area (Å²) >= 11 is 0. The summed E-state index contributed by atoms with van der Waals surface area (Å²) in [5.41, 5.74) is -2.64. The number of aromatic nitrogens is 3. The van der Waals surface area contributed by atoms with E-state index in [0.29, 0.717) is 12.1 Å². The normalized spacial score (nSPS) is 21.9. The summed E-state index contributed by atoms with van der Waals surface area (Å²) in [6.07, 6.45) is -10.5. The Bertz CT molecular complexity index is 1190. The van der Waals surface area contributed by atoms with Crippen LogP contribution in [-0.4, -0.2) is 34.1 Å². The van der Waals surface area contributed by atoms with Gasteiger partial charge in [-0.05, 0) is 36.2 Å². The zero-order chi connectivity index (χ0) is 26.1. The van der Waals surface area contributed by atoms with E-state index in [1.165, 1.54) is 17.9 Å². The molecule has 4 atom stereocenters. The first-order valence-corrected chi connectivity index (χ1v) is 11.1. The quantitative estimate of drug-likeness (QED) is 0.459. The molecular formula is C24H23F6N3O3. The van der Waals surface area contributed by atoms with E-state index in [4.69, 9.17) is 9.47 Å². The monoisotopic (exact) mass is 515 g/mol. The first kappa shape index (κ1) is 26.0. The highest BCUT2D eigenvalue weighted by atomic mass is 19.4. The lowest BCUT2D eigenvalue weighted by Crippen LogP contribution is -2.43. The van der Waals surface area contributed by atoms with E-state index in [-0.39, 0.29) is 43.2 Å². The van der Waals surface area contributed by atoms with Crippen molar-refractivity contribution in [3.05, 3.63) is 87.6 Å². The van der Waals surface area contributed by atoms with E-state index in [0.717, 1.165) is 5.56 Å². The van der Waals surface area contributed by atoms with Crippen molar-refractivity contribution in [1.82, 2.24) is 14.8 Å². The molecule has 0 spiro atoms. The highest BCUT2D eigenvalue weighted by Crippen LogP contribution is 2.40. The van der Waals surface area contributed by atoms with Gasteiger partial charge in [0.2, 0.25) is 0 Å². The van der Waals surface area contributed by atoms with E-state index < -0.39 is 41.4 Å². The Morgan fingerprint density at radius 2 is 1.69 bits per heavy atom. The predicted molar refractivity (Wildman–Crippen MR) is 116 cm³/mol. The SMILES string of the molecule is CC(OC1COCC(Cn2nc[nH]c2=O)C1c1ccccc1)c1cc(C(F)(F)F)cc(C(F)(F)F)c1. The molecule has 2 aromatic carbocycles. The van der Waals surface area contributed by atoms with Crippen molar-refractivity contribution in [2.75, 3.05) is 13.2 Å². The topological polar surface area (TPSA) is 69.1 Å². The van der Waals surface area contributed by atoms with E-state index in [1.54, 1.807) is 0 Å². The van der Waals surface area contributed by atoms with Gasteiger partial charge >= 0.3 is 18.0 Å². The first-order chi connectivity index (χ1) is 16.9. The summed E-state index contributed by atoms with van der Waals surface area (Å²) in [5.74, 6) is -0.662. The minimum atomic E-state index is -4.96. The molecule has 1 N–H and O–H groups in total. The summed E-state index contributed by atoms with van der Waals surface area (Å²) < 4.78 is 93.1. The second-order valence-corrected chi connectivity index (χ2v) is 8.67. The summed E-state index contributed by atoms with van der Waals surface area (Å²) in [4.78, 5) is 14.4. The summed E-state index contributed by atoms with van der Waals surface area (Å²) in [6.45, 7) is 1.91. The van der Waals surface area contributed by atoms with Crippen LogP contribution in [0.2, 0.25) is 0 Å². The van der Waals surface area contributed by atoms with Gasteiger partial charge in [-0.3, -0.25) is 4.98 Å². The van der Waals surface area contributed by atoms with Crippen LogP contribution in [0.15, 0.2) is 59.7 Å². The van der Waals surface area contributed by atoms with Gasteiger partial charge in [-0.1, -0.05) is 30.3 Å². The number of aromatic amines is 1. The Balaban J connectivity index is 1.66. The third-order valence-electron chi connectivity index (χ3n) is 6.19. The van der Waals surface area contributed by atoms with Gasteiger partial charge < -0.3 is 9.47 Å². The zero-order valence-corrected chi connectivity index (χ0v) is 19.0. The van der Waals surface area contributed by atoms with Gasteiger partial charge in [0.1, 0.15) is 6.33 Å². The zero-order valence-electron chi connectivity index (χ0n) is 19.0. The molecule has 36 heavy (non-hydrogen) atoms. The van der Waals surface area contributed by atoms with Crippen molar-refractivity contribution >= 4 is 0 Å². The molecule has 6 nitrogen and oxygen atoms in total. The van der Waals surface area contributed by atoms with Crippen LogP contribution in [0, 0.1) is 5.92 Å². The van der Waals surface area contributed by atoms with Crippen LogP contribution in [0.3, 0.4) is 0 Å². The number of rotatable bonds is 6. The molecule has 0 aliphatic carbocycles. The highest BCUT2D eigenvalue weighted by molar-refractivity contribution is 5.35. The molecular weight excluding hydrogens is 492 g/mol. The van der Waals surface area contributed by atoms with Crippen LogP contribution in [0.25, 0.3) is 0 Å². The molecule has 4 unspecified atom stereocenters. The van der Waals surface area contributed by atoms with E-state index in [9.17, 15) is 31.1 Å². The number of hydrogen-bond donors (Lipinski definition) is 1. The highest BCUT2D eigenvalue weighted by Gasteiger charge is 2.40. The number of alkyl halides is 6. The van der Waals surface area contributed by atoms with E-state index >= 15 is 0 Å². The lowest BCUT2D eigenvalue weighted by Gasteiger charge is -2.39. The largest absolute Gasteiger partial charge is 0.416 e. The Labute approximate surface area is 201 Å². The lowest BCUT2D eigenvalue weighted by molar-refractivity contribution is -0.143. The van der Waals surface area contributed by atoms with Gasteiger partial charge in [0.25, 0.3) is 0 Å². The Morgan fingerprint density at radius 1 is 1.06 bits per heavy atom. The molecule has 1 aromatic heterocycles. The molecule has 0 radical (unpaired) electrons. The van der Waals surface area contributed by atoms with Crippen LogP contribution < -0.4 is 5.69 Å². The molecule has 1 aliphatic heterocycles. The fourth-order valence-electron chi connectivity index (χ4n) is 4.49. The van der Waals surface area contributed by atoms with Crippen LogP contribution in [-0.2, 0) is 28.4 Å². The van der Waals surface area contributed by atoms with Crippen molar-refractivity contribution in [2.45, 2.75) is 43.9 Å². The van der Waals surface area contributed by atoms with Gasteiger partial charge in [-0.25, -0.2) is 9.48 Å². The average molecular weight is 515 g/mol. The first-order valence-electron chi connectivity index (χ1n) is 11.1. The number of H-pyrrole nitrogens is 1. The molecule has 2 heterocycles. The molecule has 0 saturated carbocycles. The second-order valence-electron chi connectivity index (χ2n) is 8.67. The molecule has 1 saturated heterocycles. The maximum Gasteiger partial charge on any atom is 0.416 e. The lowest BCUT2D eigenvalue weighted by atomic mass is 9.80. The number of nitrogens with one attached hydrogen (secondary N) is 1. The number of hydrogen-bond acceptors (Lipinski definition) is 4. The van der Waals surface area contributed by atoms with Gasteiger partial charge in [-0.15, -0.1) is 0 Å². The molecule has 0 bridgehead atoms. The third kappa shape index (κ3) is 5.81. The van der Waals surface area contributed by atoms with Crippen molar-refractivity contribution in [2.24, 2.45) is 5.92 Å². The Morgan fingerprint density at radius 3 is 2.25 bits per heavy atom. The Kier molecular flexibility index (Phi) is 7.28. The number of nitrogens with zero attached hydrogens (tertiary/aromatic N) is 2. The maximum absolute atomic E-state index is 13.3. The van der Waals surface area contributed by atoms with Crippen molar-refractivity contribution in [3.8, 4) is 0 Å². The van der Waals surface area contributed by atoms with Gasteiger partial charge in [0.05, 0.1) is 43.1 Å². The number of halogens is 6. The molecule has 1 aliphatic rings. The van der Waals surface area contributed by atoms with Gasteiger partial charge in [0.15, 0.2) is 0 Å². The van der Waals surface area contributed by atoms with Crippen molar-refractivity contribution in [3.63, 3.8) is 0 Å². The molecule has 0 amide bonds. The minimum absolute atomic E-state index is 0.0704. The summed E-state index contributed by atoms with van der Waals surface area (Å²) in [5, 5.41) is 3.98. The van der Waals surface area contributed by atoms with Crippen LogP contribution >= 0.6 is 0 Å². The molecule has 4 rings (SSSR count). The van der Waals surface area contributed by atoms with Crippen LogP contribution in [0.1, 0.15) is 41.2 Å². The van der Waals surface area contributed by atoms with E-state index in [2.05, 4.69) is 10.1 Å². The molecule has 12 heteroatoms. The third-order valence-corrected chi connectivity index (χ3v) is 6.19.